The maximum atomic E-state index is 11.0. The Bertz CT molecular complexity index is 974. The molecule has 4 rings (SSSR count). The molecule has 0 saturated carbocycles. The van der Waals surface area contributed by atoms with Gasteiger partial charge in [-0.1, -0.05) is 41.9 Å². The van der Waals surface area contributed by atoms with Crippen LogP contribution in [0.3, 0.4) is 0 Å². The normalized spacial score (nSPS) is 16.8. The zero-order valence-corrected chi connectivity index (χ0v) is 16.5. The number of aromatic nitrogens is 2. The van der Waals surface area contributed by atoms with Crippen molar-refractivity contribution in [3.63, 3.8) is 0 Å². The van der Waals surface area contributed by atoms with Crippen molar-refractivity contribution in [3.8, 4) is 0 Å². The number of halogens is 1. The van der Waals surface area contributed by atoms with Gasteiger partial charge in [0.1, 0.15) is 5.60 Å². The van der Waals surface area contributed by atoms with Crippen LogP contribution in [0.1, 0.15) is 12.5 Å². The van der Waals surface area contributed by atoms with E-state index in [-0.39, 0.29) is 6.54 Å². The molecule has 146 valence electrons. The number of rotatable bonds is 5. The monoisotopic (exact) mass is 398 g/mol. The molecule has 1 atom stereocenters. The molecule has 1 saturated heterocycles. The molecule has 2 heterocycles. The van der Waals surface area contributed by atoms with Crippen molar-refractivity contribution in [2.24, 2.45) is 0 Å². The number of aliphatic hydroxyl groups is 1. The lowest BCUT2D eigenvalue weighted by molar-refractivity contribution is 0.0715. The minimum Gasteiger partial charge on any atom is -0.384 e. The summed E-state index contributed by atoms with van der Waals surface area (Å²) in [6.45, 7) is 4.81. The van der Waals surface area contributed by atoms with Crippen LogP contribution in [-0.4, -0.2) is 47.9 Å². The number of fused-ring (bicyclic) bond motifs is 1. The summed E-state index contributed by atoms with van der Waals surface area (Å²) >= 11 is 6.28. The van der Waals surface area contributed by atoms with E-state index in [0.717, 1.165) is 29.9 Å². The second-order valence-electron chi connectivity index (χ2n) is 7.09. The fourth-order valence-corrected chi connectivity index (χ4v) is 3.69. The van der Waals surface area contributed by atoms with E-state index >= 15 is 0 Å². The molecule has 0 amide bonds. The molecular formula is C21H23ClN4O2. The second-order valence-corrected chi connectivity index (χ2v) is 7.50. The molecular weight excluding hydrogens is 376 g/mol. The first-order valence-corrected chi connectivity index (χ1v) is 9.73. The van der Waals surface area contributed by atoms with Crippen LogP contribution in [0.4, 0.5) is 11.6 Å². The van der Waals surface area contributed by atoms with Crippen molar-refractivity contribution in [1.82, 2.24) is 9.97 Å². The van der Waals surface area contributed by atoms with E-state index in [9.17, 15) is 5.11 Å². The van der Waals surface area contributed by atoms with Crippen LogP contribution in [0.2, 0.25) is 5.02 Å². The molecule has 1 aliphatic heterocycles. The van der Waals surface area contributed by atoms with E-state index in [1.165, 1.54) is 0 Å². The number of nitrogens with one attached hydrogen (secondary N) is 1. The molecule has 2 N–H and O–H groups in total. The number of ether oxygens (including phenoxy) is 1. The first-order valence-electron chi connectivity index (χ1n) is 9.35. The van der Waals surface area contributed by atoms with Crippen LogP contribution >= 0.6 is 11.6 Å². The molecule has 7 heteroatoms. The van der Waals surface area contributed by atoms with Gasteiger partial charge >= 0.3 is 0 Å². The summed E-state index contributed by atoms with van der Waals surface area (Å²) in [6, 6.07) is 15.1. The van der Waals surface area contributed by atoms with Crippen LogP contribution in [0.25, 0.3) is 11.0 Å². The number of morpholine rings is 1. The summed E-state index contributed by atoms with van der Waals surface area (Å²) < 4.78 is 5.47. The third-order valence-electron chi connectivity index (χ3n) is 4.92. The standard InChI is InChI=1S/C21H23ClN4O2/c1-21(27,15-6-2-3-7-16(15)22)14-23-19-20(26-10-12-28-13-11-26)25-18-9-5-4-8-17(18)24-19/h2-9,27H,10-14H2,1H3,(H,23,24). The Kier molecular flexibility index (Phi) is 5.35. The highest BCUT2D eigenvalue weighted by molar-refractivity contribution is 6.31. The predicted molar refractivity (Wildman–Crippen MR) is 112 cm³/mol. The maximum absolute atomic E-state index is 11.0. The van der Waals surface area contributed by atoms with Gasteiger partial charge in [0, 0.05) is 30.2 Å². The molecule has 0 radical (unpaired) electrons. The number of hydrogen-bond donors (Lipinski definition) is 2. The second kappa shape index (κ2) is 7.91. The SMILES string of the molecule is CC(O)(CNc1nc2ccccc2nc1N1CCOCC1)c1ccccc1Cl. The van der Waals surface area contributed by atoms with Gasteiger partial charge < -0.3 is 20.1 Å². The van der Waals surface area contributed by atoms with E-state index in [2.05, 4.69) is 10.2 Å². The molecule has 1 aromatic heterocycles. The summed E-state index contributed by atoms with van der Waals surface area (Å²) in [5.74, 6) is 1.42. The minimum atomic E-state index is -1.16. The smallest absolute Gasteiger partial charge is 0.172 e. The van der Waals surface area contributed by atoms with E-state index in [4.69, 9.17) is 26.3 Å². The van der Waals surface area contributed by atoms with Crippen LogP contribution in [0.15, 0.2) is 48.5 Å². The Morgan fingerprint density at radius 2 is 1.71 bits per heavy atom. The lowest BCUT2D eigenvalue weighted by atomic mass is 9.96. The lowest BCUT2D eigenvalue weighted by Gasteiger charge is -2.30. The van der Waals surface area contributed by atoms with Gasteiger partial charge in [0.05, 0.1) is 24.2 Å². The van der Waals surface area contributed by atoms with E-state index in [0.29, 0.717) is 29.6 Å². The molecule has 3 aromatic rings. The first kappa shape index (κ1) is 18.9. The molecule has 0 bridgehead atoms. The van der Waals surface area contributed by atoms with E-state index in [1.807, 2.05) is 42.5 Å². The van der Waals surface area contributed by atoms with Gasteiger partial charge in [-0.05, 0) is 25.1 Å². The summed E-state index contributed by atoms with van der Waals surface area (Å²) in [5, 5.41) is 14.9. The van der Waals surface area contributed by atoms with Crippen LogP contribution in [-0.2, 0) is 10.3 Å². The van der Waals surface area contributed by atoms with E-state index in [1.54, 1.807) is 13.0 Å². The Hall–Kier alpha value is -2.41. The molecule has 1 fully saturated rings. The fourth-order valence-electron chi connectivity index (χ4n) is 3.35. The van der Waals surface area contributed by atoms with Crippen molar-refractivity contribution in [2.75, 3.05) is 43.1 Å². The van der Waals surface area contributed by atoms with Gasteiger partial charge in [0.2, 0.25) is 0 Å². The van der Waals surface area contributed by atoms with Crippen molar-refractivity contribution >= 4 is 34.3 Å². The molecule has 0 spiro atoms. The predicted octanol–water partition coefficient (Wildman–Crippen LogP) is 3.44. The van der Waals surface area contributed by atoms with Crippen molar-refractivity contribution in [1.29, 1.82) is 0 Å². The zero-order valence-electron chi connectivity index (χ0n) is 15.7. The summed E-state index contributed by atoms with van der Waals surface area (Å²) in [6.07, 6.45) is 0. The van der Waals surface area contributed by atoms with Gasteiger partial charge in [-0.2, -0.15) is 0 Å². The highest BCUT2D eigenvalue weighted by Gasteiger charge is 2.27. The molecule has 6 nitrogen and oxygen atoms in total. The summed E-state index contributed by atoms with van der Waals surface area (Å²) in [5.41, 5.74) is 1.16. The van der Waals surface area contributed by atoms with Crippen LogP contribution in [0.5, 0.6) is 0 Å². The Morgan fingerprint density at radius 1 is 1.07 bits per heavy atom. The number of anilines is 2. The van der Waals surface area contributed by atoms with E-state index < -0.39 is 5.60 Å². The maximum Gasteiger partial charge on any atom is 0.172 e. The molecule has 2 aromatic carbocycles. The largest absolute Gasteiger partial charge is 0.384 e. The zero-order chi connectivity index (χ0) is 19.6. The topological polar surface area (TPSA) is 70.5 Å². The number of nitrogens with zero attached hydrogens (tertiary/aromatic N) is 3. The average Bonchev–Trinajstić information content (AvgIpc) is 2.72. The average molecular weight is 399 g/mol. The van der Waals surface area contributed by atoms with Gasteiger partial charge in [0.15, 0.2) is 11.6 Å². The van der Waals surface area contributed by atoms with Crippen molar-refractivity contribution < 1.29 is 9.84 Å². The third-order valence-corrected chi connectivity index (χ3v) is 5.25. The Balaban J connectivity index is 1.66. The Morgan fingerprint density at radius 3 is 2.43 bits per heavy atom. The highest BCUT2D eigenvalue weighted by atomic mass is 35.5. The quantitative estimate of drug-likeness (QED) is 0.686. The third kappa shape index (κ3) is 3.90. The van der Waals surface area contributed by atoms with Gasteiger partial charge in [-0.15, -0.1) is 0 Å². The molecule has 28 heavy (non-hydrogen) atoms. The van der Waals surface area contributed by atoms with Crippen LogP contribution < -0.4 is 10.2 Å². The van der Waals surface area contributed by atoms with Gasteiger partial charge in [-0.3, -0.25) is 0 Å². The molecule has 1 unspecified atom stereocenters. The van der Waals surface area contributed by atoms with Gasteiger partial charge in [0.25, 0.3) is 0 Å². The van der Waals surface area contributed by atoms with Gasteiger partial charge in [-0.25, -0.2) is 9.97 Å². The number of benzene rings is 2. The Labute approximate surface area is 169 Å². The number of hydrogen-bond acceptors (Lipinski definition) is 6. The van der Waals surface area contributed by atoms with Crippen LogP contribution in [0, 0.1) is 0 Å². The lowest BCUT2D eigenvalue weighted by Crippen LogP contribution is -2.38. The fraction of sp³-hybridized carbons (Fsp3) is 0.333. The highest BCUT2D eigenvalue weighted by Crippen LogP contribution is 2.30. The minimum absolute atomic E-state index is 0.251. The molecule has 0 aliphatic carbocycles. The van der Waals surface area contributed by atoms with Crippen molar-refractivity contribution in [2.45, 2.75) is 12.5 Å². The summed E-state index contributed by atoms with van der Waals surface area (Å²) in [4.78, 5) is 11.8. The molecule has 1 aliphatic rings. The first-order chi connectivity index (χ1) is 13.5. The summed E-state index contributed by atoms with van der Waals surface area (Å²) in [7, 11) is 0. The van der Waals surface area contributed by atoms with Crippen molar-refractivity contribution in [3.05, 3.63) is 59.1 Å². The number of para-hydroxylation sites is 2.